The molecule has 7 heteroatoms. The lowest BCUT2D eigenvalue weighted by Crippen LogP contribution is -2.41. The summed E-state index contributed by atoms with van der Waals surface area (Å²) in [5.74, 6) is 0. The van der Waals surface area contributed by atoms with Crippen LogP contribution in [0.4, 0.5) is 4.79 Å². The van der Waals surface area contributed by atoms with E-state index >= 15 is 0 Å². The Labute approximate surface area is 112 Å². The summed E-state index contributed by atoms with van der Waals surface area (Å²) in [4.78, 5) is 13.5. The predicted molar refractivity (Wildman–Crippen MR) is 69.6 cm³/mol. The standard InChI is InChI=1S/C12H21N5O2/c1-16(10-11-4-2-9-19-11)12(18)13-5-3-7-17-8-6-14-15-17/h6,8,11H,2-5,7,9-10H2,1H3,(H,13,18)/t11-/m0/s1. The van der Waals surface area contributed by atoms with E-state index in [1.54, 1.807) is 22.8 Å². The zero-order valence-electron chi connectivity index (χ0n) is 11.3. The maximum Gasteiger partial charge on any atom is 0.317 e. The normalized spacial score (nSPS) is 18.5. The Morgan fingerprint density at radius 1 is 1.63 bits per heavy atom. The van der Waals surface area contributed by atoms with E-state index in [9.17, 15) is 4.79 Å². The molecule has 0 aromatic carbocycles. The summed E-state index contributed by atoms with van der Waals surface area (Å²) in [7, 11) is 1.80. The number of nitrogens with zero attached hydrogens (tertiary/aromatic N) is 4. The summed E-state index contributed by atoms with van der Waals surface area (Å²) in [6.07, 6.45) is 6.63. The first kappa shape index (κ1) is 13.8. The molecule has 2 heterocycles. The van der Waals surface area contributed by atoms with Crippen molar-refractivity contribution in [3.8, 4) is 0 Å². The van der Waals surface area contributed by atoms with Gasteiger partial charge in [0.2, 0.25) is 0 Å². The number of ether oxygens (including phenoxy) is 1. The average molecular weight is 267 g/mol. The lowest BCUT2D eigenvalue weighted by molar-refractivity contribution is 0.0875. The molecule has 19 heavy (non-hydrogen) atoms. The van der Waals surface area contributed by atoms with Crippen LogP contribution in [0.15, 0.2) is 12.4 Å². The highest BCUT2D eigenvalue weighted by atomic mass is 16.5. The number of hydrogen-bond acceptors (Lipinski definition) is 4. The third kappa shape index (κ3) is 4.51. The molecular formula is C12H21N5O2. The molecule has 2 rings (SSSR count). The van der Waals surface area contributed by atoms with E-state index in [4.69, 9.17) is 4.74 Å². The van der Waals surface area contributed by atoms with Gasteiger partial charge in [0.1, 0.15) is 0 Å². The first-order valence-electron chi connectivity index (χ1n) is 6.70. The molecule has 1 fully saturated rings. The van der Waals surface area contributed by atoms with Gasteiger partial charge in [-0.25, -0.2) is 4.79 Å². The quantitative estimate of drug-likeness (QED) is 0.761. The molecule has 0 bridgehead atoms. The Morgan fingerprint density at radius 2 is 2.53 bits per heavy atom. The third-order valence-corrected chi connectivity index (χ3v) is 3.16. The summed E-state index contributed by atoms with van der Waals surface area (Å²) in [6.45, 7) is 2.87. The molecule has 1 atom stereocenters. The van der Waals surface area contributed by atoms with Gasteiger partial charge in [0.25, 0.3) is 0 Å². The molecule has 0 aliphatic carbocycles. The molecule has 1 N–H and O–H groups in total. The van der Waals surface area contributed by atoms with Crippen molar-refractivity contribution in [2.45, 2.75) is 31.9 Å². The van der Waals surface area contributed by atoms with Crippen LogP contribution in [0.2, 0.25) is 0 Å². The highest BCUT2D eigenvalue weighted by molar-refractivity contribution is 5.73. The summed E-state index contributed by atoms with van der Waals surface area (Å²) >= 11 is 0. The number of aromatic nitrogens is 3. The fourth-order valence-corrected chi connectivity index (χ4v) is 2.10. The predicted octanol–water partition coefficient (Wildman–Crippen LogP) is 0.489. The van der Waals surface area contributed by atoms with Crippen LogP contribution in [0, 0.1) is 0 Å². The van der Waals surface area contributed by atoms with Crippen LogP contribution in [0.5, 0.6) is 0 Å². The second kappa shape index (κ2) is 7.08. The summed E-state index contributed by atoms with van der Waals surface area (Å²) in [5, 5.41) is 10.5. The smallest absolute Gasteiger partial charge is 0.317 e. The van der Waals surface area contributed by atoms with Gasteiger partial charge in [-0.2, -0.15) is 0 Å². The highest BCUT2D eigenvalue weighted by Gasteiger charge is 2.19. The minimum absolute atomic E-state index is 0.0471. The van der Waals surface area contributed by atoms with E-state index in [0.717, 1.165) is 32.4 Å². The van der Waals surface area contributed by atoms with Crippen LogP contribution in [0.1, 0.15) is 19.3 Å². The van der Waals surface area contributed by atoms with Gasteiger partial charge >= 0.3 is 6.03 Å². The van der Waals surface area contributed by atoms with Crippen molar-refractivity contribution >= 4 is 6.03 Å². The topological polar surface area (TPSA) is 72.3 Å². The van der Waals surface area contributed by atoms with Crippen molar-refractivity contribution in [1.29, 1.82) is 0 Å². The molecule has 1 aliphatic rings. The zero-order valence-corrected chi connectivity index (χ0v) is 11.3. The van der Waals surface area contributed by atoms with Crippen molar-refractivity contribution in [2.75, 3.05) is 26.7 Å². The van der Waals surface area contributed by atoms with Gasteiger partial charge in [-0.3, -0.25) is 4.68 Å². The number of hydrogen-bond donors (Lipinski definition) is 1. The maximum absolute atomic E-state index is 11.8. The first-order valence-corrected chi connectivity index (χ1v) is 6.70. The molecular weight excluding hydrogens is 246 g/mol. The van der Waals surface area contributed by atoms with Crippen molar-refractivity contribution in [2.24, 2.45) is 0 Å². The van der Waals surface area contributed by atoms with Gasteiger partial charge in [-0.05, 0) is 19.3 Å². The van der Waals surface area contributed by atoms with Crippen LogP contribution in [-0.4, -0.2) is 58.8 Å². The Hall–Kier alpha value is -1.63. The van der Waals surface area contributed by atoms with E-state index in [0.29, 0.717) is 13.1 Å². The monoisotopic (exact) mass is 267 g/mol. The molecule has 106 valence electrons. The fraction of sp³-hybridized carbons (Fsp3) is 0.750. The number of likely N-dealkylation sites (N-methyl/N-ethyl adjacent to an activating group) is 1. The number of rotatable bonds is 6. The molecule has 2 amide bonds. The highest BCUT2D eigenvalue weighted by Crippen LogP contribution is 2.12. The minimum atomic E-state index is -0.0471. The van der Waals surface area contributed by atoms with E-state index in [2.05, 4.69) is 15.6 Å². The summed E-state index contributed by atoms with van der Waals surface area (Å²) in [6, 6.07) is -0.0471. The van der Waals surface area contributed by atoms with Crippen LogP contribution < -0.4 is 5.32 Å². The lowest BCUT2D eigenvalue weighted by atomic mass is 10.2. The van der Waals surface area contributed by atoms with Gasteiger partial charge in [-0.1, -0.05) is 5.21 Å². The number of urea groups is 1. The van der Waals surface area contributed by atoms with E-state index in [1.807, 2.05) is 6.20 Å². The maximum atomic E-state index is 11.8. The third-order valence-electron chi connectivity index (χ3n) is 3.16. The van der Waals surface area contributed by atoms with Crippen molar-refractivity contribution in [3.05, 3.63) is 12.4 Å². The first-order chi connectivity index (χ1) is 9.25. The second-order valence-electron chi connectivity index (χ2n) is 4.77. The van der Waals surface area contributed by atoms with E-state index in [-0.39, 0.29) is 12.1 Å². The number of nitrogens with one attached hydrogen (secondary N) is 1. The van der Waals surface area contributed by atoms with Gasteiger partial charge in [0.05, 0.1) is 12.3 Å². The van der Waals surface area contributed by atoms with Gasteiger partial charge < -0.3 is 15.0 Å². The Bertz CT molecular complexity index is 375. The van der Waals surface area contributed by atoms with Crippen molar-refractivity contribution < 1.29 is 9.53 Å². The molecule has 1 saturated heterocycles. The molecule has 7 nitrogen and oxygen atoms in total. The molecule has 1 aliphatic heterocycles. The molecule has 1 aromatic heterocycles. The van der Waals surface area contributed by atoms with Crippen LogP contribution in [0.25, 0.3) is 0 Å². The van der Waals surface area contributed by atoms with Gasteiger partial charge in [0.15, 0.2) is 0 Å². The molecule has 0 unspecified atom stereocenters. The molecule has 1 aromatic rings. The summed E-state index contributed by atoms with van der Waals surface area (Å²) in [5.41, 5.74) is 0. The summed E-state index contributed by atoms with van der Waals surface area (Å²) < 4.78 is 7.26. The average Bonchev–Trinajstić information content (AvgIpc) is 3.07. The Morgan fingerprint density at radius 3 is 3.21 bits per heavy atom. The van der Waals surface area contributed by atoms with Gasteiger partial charge in [0, 0.05) is 39.5 Å². The van der Waals surface area contributed by atoms with Crippen molar-refractivity contribution in [3.63, 3.8) is 0 Å². The van der Waals surface area contributed by atoms with Crippen molar-refractivity contribution in [1.82, 2.24) is 25.2 Å². The number of carbonyl (C=O) groups excluding carboxylic acids is 1. The zero-order chi connectivity index (χ0) is 13.5. The van der Waals surface area contributed by atoms with Crippen LogP contribution >= 0.6 is 0 Å². The lowest BCUT2D eigenvalue weighted by Gasteiger charge is -2.21. The van der Waals surface area contributed by atoms with E-state index in [1.165, 1.54) is 0 Å². The minimum Gasteiger partial charge on any atom is -0.376 e. The largest absolute Gasteiger partial charge is 0.376 e. The Kier molecular flexibility index (Phi) is 5.14. The number of aryl methyl sites for hydroxylation is 1. The van der Waals surface area contributed by atoms with Crippen LogP contribution in [-0.2, 0) is 11.3 Å². The molecule has 0 spiro atoms. The van der Waals surface area contributed by atoms with Crippen LogP contribution in [0.3, 0.4) is 0 Å². The fourth-order valence-electron chi connectivity index (χ4n) is 2.10. The molecule has 0 radical (unpaired) electrons. The molecule has 0 saturated carbocycles. The second-order valence-corrected chi connectivity index (χ2v) is 4.77. The van der Waals surface area contributed by atoms with E-state index < -0.39 is 0 Å². The SMILES string of the molecule is CN(C[C@@H]1CCCO1)C(=O)NCCCn1ccnn1. The van der Waals surface area contributed by atoms with Gasteiger partial charge in [-0.15, -0.1) is 5.10 Å². The number of carbonyl (C=O) groups is 1. The number of amides is 2. The Balaban J connectivity index is 1.57.